The number of β-amino-alcohol motifs (C(OH)–C–C–N with tert-alkyl or cyclic N) is 1. The molecule has 0 radical (unpaired) electrons. The fraction of sp³-hybridized carbons (Fsp3) is 0.435. The topological polar surface area (TPSA) is 53.0 Å². The van der Waals surface area contributed by atoms with Crippen LogP contribution < -0.4 is 0 Å². The lowest BCUT2D eigenvalue weighted by molar-refractivity contribution is 0.0544. The Labute approximate surface area is 166 Å². The summed E-state index contributed by atoms with van der Waals surface area (Å²) in [5, 5.41) is 9.80. The van der Waals surface area contributed by atoms with Crippen LogP contribution in [-0.2, 0) is 4.74 Å². The Morgan fingerprint density at radius 2 is 1.61 bits per heavy atom. The number of amides is 1. The molecular formula is C23H28N2O3. The summed E-state index contributed by atoms with van der Waals surface area (Å²) < 4.78 is 5.74. The minimum Gasteiger partial charge on any atom is -0.448 e. The molecule has 0 unspecified atom stereocenters. The average molecular weight is 380 g/mol. The van der Waals surface area contributed by atoms with E-state index in [0.29, 0.717) is 26.2 Å². The van der Waals surface area contributed by atoms with Gasteiger partial charge < -0.3 is 14.7 Å². The highest BCUT2D eigenvalue weighted by Crippen LogP contribution is 2.44. The zero-order valence-corrected chi connectivity index (χ0v) is 16.4. The molecule has 1 heterocycles. The number of rotatable bonds is 5. The van der Waals surface area contributed by atoms with Gasteiger partial charge in [-0.15, -0.1) is 0 Å². The van der Waals surface area contributed by atoms with Crippen molar-refractivity contribution in [3.8, 4) is 11.1 Å². The van der Waals surface area contributed by atoms with Gasteiger partial charge >= 0.3 is 6.09 Å². The molecule has 5 heteroatoms. The van der Waals surface area contributed by atoms with Crippen LogP contribution in [0.3, 0.4) is 0 Å². The molecule has 2 aliphatic rings. The molecule has 5 nitrogen and oxygen atoms in total. The van der Waals surface area contributed by atoms with Gasteiger partial charge in [0, 0.05) is 38.6 Å². The number of ether oxygens (including phenoxy) is 1. The van der Waals surface area contributed by atoms with Crippen LogP contribution in [0.4, 0.5) is 4.79 Å². The first-order chi connectivity index (χ1) is 13.7. The van der Waals surface area contributed by atoms with Crippen molar-refractivity contribution >= 4 is 6.09 Å². The first kappa shape index (κ1) is 19.0. The molecular weight excluding hydrogens is 352 g/mol. The third-order valence-electron chi connectivity index (χ3n) is 5.91. The second kappa shape index (κ2) is 8.33. The Morgan fingerprint density at radius 3 is 2.18 bits per heavy atom. The number of piperazine rings is 1. The van der Waals surface area contributed by atoms with Gasteiger partial charge in [-0.1, -0.05) is 55.5 Å². The molecule has 2 aromatic rings. The van der Waals surface area contributed by atoms with Crippen molar-refractivity contribution in [1.82, 2.24) is 9.80 Å². The molecule has 1 aliphatic carbocycles. The van der Waals surface area contributed by atoms with E-state index in [0.717, 1.165) is 19.5 Å². The normalized spacial score (nSPS) is 17.9. The van der Waals surface area contributed by atoms with E-state index in [-0.39, 0.29) is 18.1 Å². The van der Waals surface area contributed by atoms with Crippen molar-refractivity contribution in [2.45, 2.75) is 25.4 Å². The van der Waals surface area contributed by atoms with Gasteiger partial charge in [0.05, 0.1) is 6.10 Å². The minimum absolute atomic E-state index is 0.0948. The van der Waals surface area contributed by atoms with Crippen LogP contribution in [0.25, 0.3) is 11.1 Å². The van der Waals surface area contributed by atoms with Gasteiger partial charge in [0.15, 0.2) is 0 Å². The van der Waals surface area contributed by atoms with Crippen LogP contribution in [0.15, 0.2) is 48.5 Å². The molecule has 1 N–H and O–H groups in total. The number of hydrogen-bond donors (Lipinski definition) is 1. The van der Waals surface area contributed by atoms with Crippen molar-refractivity contribution < 1.29 is 14.6 Å². The minimum atomic E-state index is -0.291. The zero-order valence-electron chi connectivity index (χ0n) is 16.4. The number of hydrogen-bond acceptors (Lipinski definition) is 4. The summed E-state index contributed by atoms with van der Waals surface area (Å²) in [4.78, 5) is 16.6. The van der Waals surface area contributed by atoms with Crippen molar-refractivity contribution in [1.29, 1.82) is 0 Å². The Kier molecular flexibility index (Phi) is 5.64. The van der Waals surface area contributed by atoms with Crippen LogP contribution in [-0.4, -0.2) is 66.4 Å². The molecule has 1 saturated heterocycles. The van der Waals surface area contributed by atoms with E-state index in [9.17, 15) is 9.90 Å². The van der Waals surface area contributed by atoms with Gasteiger partial charge in [0.25, 0.3) is 0 Å². The standard InChI is InChI=1S/C23H28N2O3/c1-2-17(26)15-24-11-13-25(14-12-24)23(27)28-16-22-20-9-5-3-7-18(20)19-8-4-6-10-21(19)22/h3-10,17,22,26H,2,11-16H2,1H3/t17-/m0/s1. The van der Waals surface area contributed by atoms with Crippen LogP contribution in [0.5, 0.6) is 0 Å². The smallest absolute Gasteiger partial charge is 0.409 e. The van der Waals surface area contributed by atoms with Gasteiger partial charge in [-0.05, 0) is 28.7 Å². The number of carbonyl (C=O) groups excluding carboxylic acids is 1. The lowest BCUT2D eigenvalue weighted by Crippen LogP contribution is -2.50. The first-order valence-electron chi connectivity index (χ1n) is 10.2. The van der Waals surface area contributed by atoms with Gasteiger partial charge in [0.1, 0.15) is 6.61 Å². The first-order valence-corrected chi connectivity index (χ1v) is 10.2. The molecule has 4 rings (SSSR count). The number of aliphatic hydroxyl groups excluding tert-OH is 1. The maximum absolute atomic E-state index is 12.6. The SMILES string of the molecule is CC[C@H](O)CN1CCN(C(=O)OCC2c3ccccc3-c3ccccc32)CC1. The number of carbonyl (C=O) groups is 1. The number of fused-ring (bicyclic) bond motifs is 3. The number of nitrogens with zero attached hydrogens (tertiary/aromatic N) is 2. The molecule has 1 aliphatic heterocycles. The van der Waals surface area contributed by atoms with Crippen molar-refractivity contribution in [2.75, 3.05) is 39.3 Å². The third-order valence-corrected chi connectivity index (χ3v) is 5.91. The Morgan fingerprint density at radius 1 is 1.04 bits per heavy atom. The van der Waals surface area contributed by atoms with Gasteiger partial charge in [-0.3, -0.25) is 4.90 Å². The second-order valence-corrected chi connectivity index (χ2v) is 7.65. The molecule has 1 atom stereocenters. The molecule has 0 spiro atoms. The Balaban J connectivity index is 1.36. The van der Waals surface area contributed by atoms with Crippen LogP contribution >= 0.6 is 0 Å². The third kappa shape index (κ3) is 3.77. The van der Waals surface area contributed by atoms with E-state index < -0.39 is 0 Å². The van der Waals surface area contributed by atoms with E-state index in [1.807, 2.05) is 19.1 Å². The second-order valence-electron chi connectivity index (χ2n) is 7.65. The van der Waals surface area contributed by atoms with E-state index >= 15 is 0 Å². The Bertz CT molecular complexity index is 785. The van der Waals surface area contributed by atoms with Gasteiger partial charge in [0.2, 0.25) is 0 Å². The molecule has 0 bridgehead atoms. The van der Waals surface area contributed by atoms with Crippen molar-refractivity contribution in [3.63, 3.8) is 0 Å². The largest absolute Gasteiger partial charge is 0.448 e. The summed E-state index contributed by atoms with van der Waals surface area (Å²) in [5.41, 5.74) is 4.94. The number of aliphatic hydroxyl groups is 1. The zero-order chi connectivity index (χ0) is 19.5. The molecule has 0 aromatic heterocycles. The predicted octanol–water partition coefficient (Wildman–Crippen LogP) is 3.32. The van der Waals surface area contributed by atoms with Gasteiger partial charge in [-0.25, -0.2) is 4.79 Å². The summed E-state index contributed by atoms with van der Waals surface area (Å²) in [6.07, 6.45) is 0.227. The molecule has 2 aromatic carbocycles. The van der Waals surface area contributed by atoms with Crippen molar-refractivity contribution in [3.05, 3.63) is 59.7 Å². The lowest BCUT2D eigenvalue weighted by Gasteiger charge is -2.35. The average Bonchev–Trinajstić information content (AvgIpc) is 3.06. The summed E-state index contributed by atoms with van der Waals surface area (Å²) in [7, 11) is 0. The molecule has 28 heavy (non-hydrogen) atoms. The summed E-state index contributed by atoms with van der Waals surface area (Å²) in [6.45, 7) is 5.87. The lowest BCUT2D eigenvalue weighted by atomic mass is 9.98. The summed E-state index contributed by atoms with van der Waals surface area (Å²) >= 11 is 0. The quantitative estimate of drug-likeness (QED) is 0.865. The van der Waals surface area contributed by atoms with Crippen molar-refractivity contribution in [2.24, 2.45) is 0 Å². The molecule has 1 fully saturated rings. The number of benzene rings is 2. The summed E-state index contributed by atoms with van der Waals surface area (Å²) in [5.74, 6) is 0.0948. The van der Waals surface area contributed by atoms with E-state index in [1.165, 1.54) is 22.3 Å². The molecule has 148 valence electrons. The highest BCUT2D eigenvalue weighted by Gasteiger charge is 2.30. The molecule has 1 amide bonds. The fourth-order valence-corrected chi connectivity index (χ4v) is 4.23. The molecule has 0 saturated carbocycles. The van der Waals surface area contributed by atoms with Crippen LogP contribution in [0.2, 0.25) is 0 Å². The Hall–Kier alpha value is -2.37. The monoisotopic (exact) mass is 380 g/mol. The van der Waals surface area contributed by atoms with Gasteiger partial charge in [-0.2, -0.15) is 0 Å². The van der Waals surface area contributed by atoms with E-state index in [2.05, 4.69) is 41.3 Å². The van der Waals surface area contributed by atoms with E-state index in [1.54, 1.807) is 4.90 Å². The summed E-state index contributed by atoms with van der Waals surface area (Å²) in [6, 6.07) is 16.7. The predicted molar refractivity (Wildman–Crippen MR) is 109 cm³/mol. The maximum Gasteiger partial charge on any atom is 0.409 e. The van der Waals surface area contributed by atoms with Crippen LogP contribution in [0, 0.1) is 0 Å². The highest BCUT2D eigenvalue weighted by molar-refractivity contribution is 5.79. The maximum atomic E-state index is 12.6. The fourth-order valence-electron chi connectivity index (χ4n) is 4.23. The van der Waals surface area contributed by atoms with E-state index in [4.69, 9.17) is 4.74 Å². The van der Waals surface area contributed by atoms with Crippen LogP contribution in [0.1, 0.15) is 30.4 Å². The highest BCUT2D eigenvalue weighted by atomic mass is 16.6.